The molecule has 1 atom stereocenters. The quantitative estimate of drug-likeness (QED) is 0.735. The van der Waals surface area contributed by atoms with Crippen LogP contribution in [0.5, 0.6) is 0 Å². The first kappa shape index (κ1) is 14.8. The highest BCUT2D eigenvalue weighted by atomic mass is 35.5. The van der Waals surface area contributed by atoms with Crippen LogP contribution in [0.1, 0.15) is 31.3 Å². The number of aromatic nitrogens is 2. The van der Waals surface area contributed by atoms with E-state index < -0.39 is 0 Å². The Labute approximate surface area is 135 Å². The molecule has 0 unspecified atom stereocenters. The van der Waals surface area contributed by atoms with E-state index >= 15 is 0 Å². The maximum Gasteiger partial charge on any atom is 0.138 e. The van der Waals surface area contributed by atoms with Crippen molar-refractivity contribution in [2.75, 3.05) is 5.32 Å². The molecule has 112 valence electrons. The van der Waals surface area contributed by atoms with Crippen molar-refractivity contribution in [1.82, 2.24) is 9.97 Å². The average Bonchev–Trinajstić information content (AvgIpc) is 2.55. The Bertz CT molecular complexity index is 787. The summed E-state index contributed by atoms with van der Waals surface area (Å²) < 4.78 is 0. The van der Waals surface area contributed by atoms with E-state index in [-0.39, 0.29) is 6.04 Å². The van der Waals surface area contributed by atoms with Crippen LogP contribution >= 0.6 is 11.6 Å². The van der Waals surface area contributed by atoms with Crippen molar-refractivity contribution in [2.45, 2.75) is 26.3 Å². The molecule has 0 saturated heterocycles. The maximum absolute atomic E-state index is 6.09. The molecule has 0 fully saturated rings. The summed E-state index contributed by atoms with van der Waals surface area (Å²) in [5, 5.41) is 5.18. The predicted molar refractivity (Wildman–Crippen MR) is 92.4 cm³/mol. The van der Waals surface area contributed by atoms with Crippen molar-refractivity contribution in [3.8, 4) is 0 Å². The predicted octanol–water partition coefficient (Wildman–Crippen LogP) is 5.02. The van der Waals surface area contributed by atoms with E-state index in [0.29, 0.717) is 5.02 Å². The molecule has 1 aromatic heterocycles. The Morgan fingerprint density at radius 1 is 1.09 bits per heavy atom. The minimum atomic E-state index is 0.166. The second-order valence-electron chi connectivity index (χ2n) is 5.28. The molecule has 4 heteroatoms. The molecule has 0 radical (unpaired) electrons. The van der Waals surface area contributed by atoms with Crippen LogP contribution in [0.4, 0.5) is 5.82 Å². The first-order valence-corrected chi connectivity index (χ1v) is 7.83. The molecule has 1 N–H and O–H groups in total. The van der Waals surface area contributed by atoms with Gasteiger partial charge in [0.05, 0.1) is 5.52 Å². The molecule has 1 heterocycles. The van der Waals surface area contributed by atoms with Crippen molar-refractivity contribution in [1.29, 1.82) is 0 Å². The monoisotopic (exact) mass is 311 g/mol. The Balaban J connectivity index is 2.02. The molecule has 0 bridgehead atoms. The topological polar surface area (TPSA) is 37.8 Å². The zero-order valence-corrected chi connectivity index (χ0v) is 13.4. The summed E-state index contributed by atoms with van der Waals surface area (Å²) in [5.41, 5.74) is 2.10. The van der Waals surface area contributed by atoms with Gasteiger partial charge >= 0.3 is 0 Å². The Morgan fingerprint density at radius 3 is 2.59 bits per heavy atom. The van der Waals surface area contributed by atoms with Gasteiger partial charge in [-0.05, 0) is 30.7 Å². The minimum absolute atomic E-state index is 0.166. The summed E-state index contributed by atoms with van der Waals surface area (Å²) in [6.45, 7) is 4.18. The Kier molecular flexibility index (Phi) is 4.25. The van der Waals surface area contributed by atoms with Crippen molar-refractivity contribution >= 4 is 28.3 Å². The molecule has 3 nitrogen and oxygen atoms in total. The molecule has 2 aromatic carbocycles. The standard InChI is InChI=1S/C18H18ClN3/c1-3-17-21-16-11-14(19)9-10-15(16)18(22-17)20-12(2)13-7-5-4-6-8-13/h4-12H,3H2,1-2H3,(H,20,21,22)/t12-/m0/s1. The van der Waals surface area contributed by atoms with Gasteiger partial charge in [0.2, 0.25) is 0 Å². The normalized spacial score (nSPS) is 12.3. The Morgan fingerprint density at radius 2 is 1.86 bits per heavy atom. The van der Waals surface area contributed by atoms with E-state index in [1.807, 2.05) is 36.4 Å². The van der Waals surface area contributed by atoms with Crippen molar-refractivity contribution in [2.24, 2.45) is 0 Å². The van der Waals surface area contributed by atoms with E-state index in [4.69, 9.17) is 11.6 Å². The molecule has 0 amide bonds. The second kappa shape index (κ2) is 6.32. The number of anilines is 1. The molecular weight excluding hydrogens is 294 g/mol. The molecule has 3 aromatic rings. The number of rotatable bonds is 4. The van der Waals surface area contributed by atoms with E-state index in [9.17, 15) is 0 Å². The van der Waals surface area contributed by atoms with Gasteiger partial charge < -0.3 is 5.32 Å². The molecule has 0 aliphatic rings. The van der Waals surface area contributed by atoms with Gasteiger partial charge in [0.25, 0.3) is 0 Å². The fourth-order valence-corrected chi connectivity index (χ4v) is 2.62. The van der Waals surface area contributed by atoms with Gasteiger partial charge in [-0.1, -0.05) is 48.9 Å². The van der Waals surface area contributed by atoms with Crippen LogP contribution in [0.15, 0.2) is 48.5 Å². The van der Waals surface area contributed by atoms with Crippen LogP contribution in [0, 0.1) is 0 Å². The lowest BCUT2D eigenvalue weighted by Crippen LogP contribution is -2.10. The van der Waals surface area contributed by atoms with Crippen LogP contribution in [0.25, 0.3) is 10.9 Å². The SMILES string of the molecule is CCc1nc(N[C@@H](C)c2ccccc2)c2ccc(Cl)cc2n1. The number of halogens is 1. The fraction of sp³-hybridized carbons (Fsp3) is 0.222. The molecular formula is C18H18ClN3. The Hall–Kier alpha value is -2.13. The zero-order valence-electron chi connectivity index (χ0n) is 12.7. The van der Waals surface area contributed by atoms with Crippen LogP contribution in [-0.4, -0.2) is 9.97 Å². The van der Waals surface area contributed by atoms with E-state index in [1.165, 1.54) is 5.56 Å². The number of benzene rings is 2. The zero-order chi connectivity index (χ0) is 15.5. The number of aryl methyl sites for hydroxylation is 1. The lowest BCUT2D eigenvalue weighted by atomic mass is 10.1. The van der Waals surface area contributed by atoms with E-state index in [1.54, 1.807) is 0 Å². The summed E-state index contributed by atoms with van der Waals surface area (Å²) >= 11 is 6.09. The van der Waals surface area contributed by atoms with Crippen LogP contribution < -0.4 is 5.32 Å². The number of hydrogen-bond acceptors (Lipinski definition) is 3. The molecule has 22 heavy (non-hydrogen) atoms. The summed E-state index contributed by atoms with van der Waals surface area (Å²) in [7, 11) is 0. The maximum atomic E-state index is 6.09. The minimum Gasteiger partial charge on any atom is -0.363 e. The highest BCUT2D eigenvalue weighted by Crippen LogP contribution is 2.27. The third-order valence-electron chi connectivity index (χ3n) is 3.67. The van der Waals surface area contributed by atoms with Gasteiger partial charge in [-0.25, -0.2) is 9.97 Å². The molecule has 0 saturated carbocycles. The van der Waals surface area contributed by atoms with Crippen molar-refractivity contribution in [3.05, 3.63) is 64.9 Å². The van der Waals surface area contributed by atoms with Gasteiger partial charge in [0.1, 0.15) is 11.6 Å². The molecule has 0 aliphatic carbocycles. The van der Waals surface area contributed by atoms with Gasteiger partial charge in [0.15, 0.2) is 0 Å². The highest BCUT2D eigenvalue weighted by Gasteiger charge is 2.11. The molecule has 0 spiro atoms. The van der Waals surface area contributed by atoms with Gasteiger partial charge in [0, 0.05) is 22.9 Å². The fourth-order valence-electron chi connectivity index (χ4n) is 2.45. The van der Waals surface area contributed by atoms with Gasteiger partial charge in [-0.15, -0.1) is 0 Å². The number of fused-ring (bicyclic) bond motifs is 1. The van der Waals surface area contributed by atoms with E-state index in [0.717, 1.165) is 29.0 Å². The summed E-state index contributed by atoms with van der Waals surface area (Å²) in [5.74, 6) is 1.67. The largest absolute Gasteiger partial charge is 0.363 e. The number of nitrogens with zero attached hydrogens (tertiary/aromatic N) is 2. The average molecular weight is 312 g/mol. The third-order valence-corrected chi connectivity index (χ3v) is 3.91. The van der Waals surface area contributed by atoms with Crippen molar-refractivity contribution in [3.63, 3.8) is 0 Å². The number of nitrogens with one attached hydrogen (secondary N) is 1. The van der Waals surface area contributed by atoms with E-state index in [2.05, 4.69) is 41.3 Å². The van der Waals surface area contributed by atoms with Crippen molar-refractivity contribution < 1.29 is 0 Å². The van der Waals surface area contributed by atoms with Crippen LogP contribution in [0.3, 0.4) is 0 Å². The highest BCUT2D eigenvalue weighted by molar-refractivity contribution is 6.31. The summed E-state index contributed by atoms with van der Waals surface area (Å²) in [6.07, 6.45) is 0.789. The van der Waals surface area contributed by atoms with Gasteiger partial charge in [-0.2, -0.15) is 0 Å². The first-order valence-electron chi connectivity index (χ1n) is 7.45. The first-order chi connectivity index (χ1) is 10.7. The van der Waals surface area contributed by atoms with Crippen LogP contribution in [-0.2, 0) is 6.42 Å². The second-order valence-corrected chi connectivity index (χ2v) is 5.72. The third kappa shape index (κ3) is 3.04. The molecule has 3 rings (SSSR count). The van der Waals surface area contributed by atoms with Crippen LogP contribution in [0.2, 0.25) is 5.02 Å². The lowest BCUT2D eigenvalue weighted by Gasteiger charge is -2.17. The summed E-state index contributed by atoms with van der Waals surface area (Å²) in [6, 6.07) is 16.2. The number of hydrogen-bond donors (Lipinski definition) is 1. The molecule has 0 aliphatic heterocycles. The van der Waals surface area contributed by atoms with Gasteiger partial charge in [-0.3, -0.25) is 0 Å². The lowest BCUT2D eigenvalue weighted by molar-refractivity contribution is 0.864. The summed E-state index contributed by atoms with van der Waals surface area (Å²) in [4.78, 5) is 9.21. The smallest absolute Gasteiger partial charge is 0.138 e.